The van der Waals surface area contributed by atoms with Gasteiger partial charge in [0, 0.05) is 16.7 Å². The highest BCUT2D eigenvalue weighted by Gasteiger charge is 2.41. The van der Waals surface area contributed by atoms with Gasteiger partial charge in [-0.15, -0.1) is 0 Å². The minimum Gasteiger partial charge on any atom is -0.506 e. The van der Waals surface area contributed by atoms with Crippen molar-refractivity contribution in [3.63, 3.8) is 0 Å². The van der Waals surface area contributed by atoms with Gasteiger partial charge in [-0.2, -0.15) is 0 Å². The highest BCUT2D eigenvalue weighted by molar-refractivity contribution is 9.10. The number of phenols is 1. The van der Waals surface area contributed by atoms with Crippen LogP contribution >= 0.6 is 15.9 Å². The monoisotopic (exact) mass is 556 g/mol. The van der Waals surface area contributed by atoms with E-state index in [2.05, 4.69) is 15.9 Å². The van der Waals surface area contributed by atoms with E-state index in [0.29, 0.717) is 38.2 Å². The van der Waals surface area contributed by atoms with Gasteiger partial charge in [0.25, 0.3) is 0 Å². The predicted molar refractivity (Wildman–Crippen MR) is 129 cm³/mol. The third-order valence-corrected chi connectivity index (χ3v) is 6.88. The van der Waals surface area contributed by atoms with Crippen LogP contribution in [0.5, 0.6) is 28.7 Å². The number of halogens is 1. The molecular formula is C26H21BrO9. The van der Waals surface area contributed by atoms with Gasteiger partial charge in [-0.3, -0.25) is 0 Å². The Hall–Kier alpha value is -3.92. The van der Waals surface area contributed by atoms with Gasteiger partial charge in [-0.25, -0.2) is 9.59 Å². The summed E-state index contributed by atoms with van der Waals surface area (Å²) in [6, 6.07) is 10.1. The van der Waals surface area contributed by atoms with E-state index < -0.39 is 24.1 Å². The van der Waals surface area contributed by atoms with Gasteiger partial charge in [-0.1, -0.05) is 12.1 Å². The number of methoxy groups -OCH3 is 4. The number of hydrogen-bond donors (Lipinski definition) is 1. The Balaban J connectivity index is 1.64. The maximum Gasteiger partial charge on any atom is 0.343 e. The van der Waals surface area contributed by atoms with E-state index in [1.54, 1.807) is 36.4 Å². The first-order valence-electron chi connectivity index (χ1n) is 10.8. The Morgan fingerprint density at radius 3 is 1.72 bits per heavy atom. The lowest BCUT2D eigenvalue weighted by Crippen LogP contribution is -2.06. The quantitative estimate of drug-likeness (QED) is 0.431. The lowest BCUT2D eigenvalue weighted by Gasteiger charge is -2.19. The molecule has 36 heavy (non-hydrogen) atoms. The lowest BCUT2D eigenvalue weighted by molar-refractivity contribution is 0.0450. The average Bonchev–Trinajstić information content (AvgIpc) is 3.41. The van der Waals surface area contributed by atoms with Crippen LogP contribution in [0.3, 0.4) is 0 Å². The van der Waals surface area contributed by atoms with Gasteiger partial charge in [0.05, 0.1) is 32.9 Å². The summed E-state index contributed by atoms with van der Waals surface area (Å²) in [4.78, 5) is 25.6. The second kappa shape index (κ2) is 8.94. The molecule has 186 valence electrons. The molecule has 3 aromatic rings. The third kappa shape index (κ3) is 3.43. The third-order valence-electron chi connectivity index (χ3n) is 6.28. The molecule has 0 saturated carbocycles. The van der Waals surface area contributed by atoms with Crippen molar-refractivity contribution < 1.29 is 43.1 Å². The van der Waals surface area contributed by atoms with Crippen LogP contribution in [0.2, 0.25) is 0 Å². The van der Waals surface area contributed by atoms with Crippen LogP contribution in [0.25, 0.3) is 0 Å². The molecule has 10 heteroatoms. The van der Waals surface area contributed by atoms with Gasteiger partial charge < -0.3 is 33.5 Å². The second-order valence-corrected chi connectivity index (χ2v) is 8.90. The number of fused-ring (bicyclic) bond motifs is 2. The van der Waals surface area contributed by atoms with Gasteiger partial charge >= 0.3 is 11.9 Å². The van der Waals surface area contributed by atoms with E-state index in [1.807, 2.05) is 0 Å². The lowest BCUT2D eigenvalue weighted by atomic mass is 9.93. The van der Waals surface area contributed by atoms with Crippen molar-refractivity contribution in [2.75, 3.05) is 28.4 Å². The zero-order valence-corrected chi connectivity index (χ0v) is 21.3. The minimum absolute atomic E-state index is 0.115. The topological polar surface area (TPSA) is 110 Å². The number of benzene rings is 3. The average molecular weight is 557 g/mol. The molecule has 0 bridgehead atoms. The van der Waals surface area contributed by atoms with E-state index >= 15 is 0 Å². The molecule has 2 aliphatic heterocycles. The van der Waals surface area contributed by atoms with E-state index in [0.717, 1.165) is 0 Å². The molecule has 0 radical (unpaired) electrons. The molecule has 3 aromatic carbocycles. The summed E-state index contributed by atoms with van der Waals surface area (Å²) in [6.45, 7) is 0. The van der Waals surface area contributed by atoms with Gasteiger partial charge in [-0.05, 0) is 45.8 Å². The van der Waals surface area contributed by atoms with Crippen molar-refractivity contribution in [2.45, 2.75) is 12.2 Å². The standard InChI is InChI=1S/C26H21BrO9/c1-31-16-7-5-12-18(23(16)33-3)25(29)35-21(12)11-9-14(20(28)15(27)10-11)22-13-6-8-17(32-2)24(34-4)19(13)26(30)36-22/h5-10,21-22,28H,1-4H3/t21-,22-/m1/s1. The van der Waals surface area contributed by atoms with Crippen LogP contribution in [0.4, 0.5) is 0 Å². The van der Waals surface area contributed by atoms with Gasteiger partial charge in [0.15, 0.2) is 35.2 Å². The Morgan fingerprint density at radius 1 is 0.722 bits per heavy atom. The van der Waals surface area contributed by atoms with Crippen molar-refractivity contribution in [1.29, 1.82) is 0 Å². The van der Waals surface area contributed by atoms with Gasteiger partial charge in [0.2, 0.25) is 0 Å². The number of carbonyl (C=O) groups excluding carboxylic acids is 2. The Kier molecular flexibility index (Phi) is 5.91. The Labute approximate surface area is 214 Å². The van der Waals surface area contributed by atoms with Crippen molar-refractivity contribution in [3.05, 3.63) is 74.3 Å². The number of cyclic esters (lactones) is 2. The zero-order valence-electron chi connectivity index (χ0n) is 19.7. The second-order valence-electron chi connectivity index (χ2n) is 8.04. The summed E-state index contributed by atoms with van der Waals surface area (Å²) < 4.78 is 33.2. The summed E-state index contributed by atoms with van der Waals surface area (Å²) in [5, 5.41) is 10.9. The number of esters is 2. The first kappa shape index (κ1) is 23.8. The molecule has 0 aliphatic carbocycles. The Bertz CT molecular complexity index is 1420. The molecule has 1 N–H and O–H groups in total. The molecule has 0 fully saturated rings. The van der Waals surface area contributed by atoms with Gasteiger partial charge in [0.1, 0.15) is 16.9 Å². The molecule has 0 saturated heterocycles. The first-order chi connectivity index (χ1) is 17.3. The number of rotatable bonds is 6. The summed E-state index contributed by atoms with van der Waals surface area (Å²) >= 11 is 3.38. The summed E-state index contributed by atoms with van der Waals surface area (Å²) in [6.07, 6.45) is -1.71. The van der Waals surface area contributed by atoms with Crippen LogP contribution < -0.4 is 18.9 Å². The summed E-state index contributed by atoms with van der Waals surface area (Å²) in [7, 11) is 5.84. The van der Waals surface area contributed by atoms with Crippen molar-refractivity contribution in [2.24, 2.45) is 0 Å². The van der Waals surface area contributed by atoms with Crippen LogP contribution in [-0.4, -0.2) is 45.5 Å². The van der Waals surface area contributed by atoms with Crippen molar-refractivity contribution in [3.8, 4) is 28.7 Å². The van der Waals surface area contributed by atoms with Crippen LogP contribution in [-0.2, 0) is 9.47 Å². The maximum absolute atomic E-state index is 12.8. The molecule has 2 aliphatic rings. The number of ether oxygens (including phenoxy) is 6. The molecule has 0 unspecified atom stereocenters. The van der Waals surface area contributed by atoms with Crippen LogP contribution in [0.15, 0.2) is 40.9 Å². The molecular weight excluding hydrogens is 536 g/mol. The minimum atomic E-state index is -0.925. The molecule has 0 amide bonds. The fourth-order valence-electron chi connectivity index (χ4n) is 4.67. The van der Waals surface area contributed by atoms with E-state index in [4.69, 9.17) is 28.4 Å². The number of aromatic hydroxyl groups is 1. The molecule has 2 atom stereocenters. The molecule has 0 spiro atoms. The first-order valence-corrected chi connectivity index (χ1v) is 11.6. The molecule has 0 aromatic heterocycles. The van der Waals surface area contributed by atoms with Crippen LogP contribution in [0.1, 0.15) is 55.2 Å². The number of phenolic OH excluding ortho intramolecular Hbond substituents is 1. The molecule has 9 nitrogen and oxygen atoms in total. The Morgan fingerprint density at radius 2 is 1.22 bits per heavy atom. The molecule has 5 rings (SSSR count). The zero-order chi connectivity index (χ0) is 25.7. The summed E-state index contributed by atoms with van der Waals surface area (Å²) in [5.74, 6) is 0.0208. The van der Waals surface area contributed by atoms with Crippen molar-refractivity contribution >= 4 is 27.9 Å². The van der Waals surface area contributed by atoms with E-state index in [9.17, 15) is 14.7 Å². The number of carbonyl (C=O) groups is 2. The van der Waals surface area contributed by atoms with Crippen molar-refractivity contribution in [1.82, 2.24) is 0 Å². The predicted octanol–water partition coefficient (Wildman–Crippen LogP) is 4.71. The maximum atomic E-state index is 12.8. The normalized spacial score (nSPS) is 17.7. The fourth-order valence-corrected chi connectivity index (χ4v) is 5.17. The smallest absolute Gasteiger partial charge is 0.343 e. The van der Waals surface area contributed by atoms with Crippen LogP contribution in [0, 0.1) is 0 Å². The SMILES string of the molecule is COc1ccc2c(c1OC)C(=O)O[C@H]2c1cc([C@H]2OC(=O)c3c2ccc(OC)c3OC)cc(Br)c1O. The summed E-state index contributed by atoms with van der Waals surface area (Å²) in [5.41, 5.74) is 2.44. The number of hydrogen-bond acceptors (Lipinski definition) is 9. The highest BCUT2D eigenvalue weighted by Crippen LogP contribution is 2.50. The molecule has 2 heterocycles. The van der Waals surface area contributed by atoms with E-state index in [1.165, 1.54) is 28.4 Å². The fraction of sp³-hybridized carbons (Fsp3) is 0.231. The largest absolute Gasteiger partial charge is 0.506 e. The van der Waals surface area contributed by atoms with E-state index in [-0.39, 0.29) is 28.4 Å². The highest BCUT2D eigenvalue weighted by atomic mass is 79.9.